The number of halogens is 9. The van der Waals surface area contributed by atoms with Crippen LogP contribution in [0.15, 0.2) is 42.5 Å². The number of aromatic hydroxyl groups is 1. The summed E-state index contributed by atoms with van der Waals surface area (Å²) in [4.78, 5) is 0. The Morgan fingerprint density at radius 1 is 0.750 bits per heavy atom. The fourth-order valence-electron chi connectivity index (χ4n) is 3.03. The molecule has 0 aliphatic carbocycles. The minimum Gasteiger partial charge on any atom is -0.508 e. The number of alkyl halides is 9. The van der Waals surface area contributed by atoms with Gasteiger partial charge in [-0.2, -0.15) is 39.5 Å². The van der Waals surface area contributed by atoms with Crippen molar-refractivity contribution in [3.63, 3.8) is 0 Å². The zero-order valence-corrected chi connectivity index (χ0v) is 16.3. The highest BCUT2D eigenvalue weighted by Crippen LogP contribution is 2.53. The number of ether oxygens (including phenoxy) is 2. The Morgan fingerprint density at radius 3 is 1.75 bits per heavy atom. The molecule has 3 nitrogen and oxygen atoms in total. The van der Waals surface area contributed by atoms with E-state index in [0.717, 1.165) is 31.4 Å². The SMILES string of the molecule is COCOC(c1ccc(O)c(CCc2ccc(C(F)(F)F)cc2)c1)(C(F)(F)F)C(F)(F)F. The van der Waals surface area contributed by atoms with Gasteiger partial charge >= 0.3 is 18.5 Å². The fourth-order valence-corrected chi connectivity index (χ4v) is 3.03. The average Bonchev–Trinajstić information content (AvgIpc) is 2.66. The van der Waals surface area contributed by atoms with Gasteiger partial charge in [0.25, 0.3) is 5.60 Å². The molecule has 0 atom stereocenters. The van der Waals surface area contributed by atoms with Gasteiger partial charge in [0.05, 0.1) is 5.56 Å². The van der Waals surface area contributed by atoms with Crippen LogP contribution in [0.1, 0.15) is 22.3 Å². The van der Waals surface area contributed by atoms with E-state index in [9.17, 15) is 44.6 Å². The third-order valence-electron chi connectivity index (χ3n) is 4.64. The first-order valence-electron chi connectivity index (χ1n) is 8.88. The number of aryl methyl sites for hydroxylation is 2. The second-order valence-electron chi connectivity index (χ2n) is 6.77. The Balaban J connectivity index is 2.41. The first-order chi connectivity index (χ1) is 14.6. The van der Waals surface area contributed by atoms with Crippen molar-refractivity contribution in [2.24, 2.45) is 0 Å². The first-order valence-corrected chi connectivity index (χ1v) is 8.88. The van der Waals surface area contributed by atoms with E-state index in [1.54, 1.807) is 0 Å². The number of hydrogen-bond acceptors (Lipinski definition) is 3. The third-order valence-corrected chi connectivity index (χ3v) is 4.64. The molecule has 0 aromatic heterocycles. The Labute approximate surface area is 176 Å². The molecular formula is C20H17F9O3. The monoisotopic (exact) mass is 476 g/mol. The van der Waals surface area contributed by atoms with Gasteiger partial charge in [-0.3, -0.25) is 0 Å². The van der Waals surface area contributed by atoms with Crippen LogP contribution < -0.4 is 0 Å². The topological polar surface area (TPSA) is 38.7 Å². The van der Waals surface area contributed by atoms with E-state index < -0.39 is 47.8 Å². The predicted octanol–water partition coefficient (Wildman–Crippen LogP) is 6.14. The number of hydrogen-bond donors (Lipinski definition) is 1. The molecule has 0 fully saturated rings. The van der Waals surface area contributed by atoms with Gasteiger partial charge in [-0.05, 0) is 48.2 Å². The second-order valence-corrected chi connectivity index (χ2v) is 6.77. The molecule has 0 spiro atoms. The number of methoxy groups -OCH3 is 1. The molecule has 2 rings (SSSR count). The molecule has 0 saturated carbocycles. The van der Waals surface area contributed by atoms with Gasteiger partial charge in [0.2, 0.25) is 0 Å². The van der Waals surface area contributed by atoms with Gasteiger partial charge in [-0.15, -0.1) is 0 Å². The van der Waals surface area contributed by atoms with Crippen molar-refractivity contribution in [1.82, 2.24) is 0 Å². The maximum absolute atomic E-state index is 13.6. The molecule has 0 radical (unpaired) electrons. The maximum atomic E-state index is 13.6. The molecular weight excluding hydrogens is 459 g/mol. The second kappa shape index (κ2) is 9.18. The molecule has 2 aromatic carbocycles. The van der Waals surface area contributed by atoms with E-state index in [2.05, 4.69) is 9.47 Å². The lowest BCUT2D eigenvalue weighted by atomic mass is 9.89. The molecule has 0 saturated heterocycles. The van der Waals surface area contributed by atoms with E-state index in [1.165, 1.54) is 0 Å². The van der Waals surface area contributed by atoms with E-state index in [0.29, 0.717) is 23.8 Å². The Morgan fingerprint density at radius 2 is 1.28 bits per heavy atom. The van der Waals surface area contributed by atoms with E-state index in [1.807, 2.05) is 0 Å². The van der Waals surface area contributed by atoms with Gasteiger partial charge < -0.3 is 14.6 Å². The van der Waals surface area contributed by atoms with Gasteiger partial charge in [0, 0.05) is 12.7 Å². The van der Waals surface area contributed by atoms with Crippen LogP contribution in [0.3, 0.4) is 0 Å². The summed E-state index contributed by atoms with van der Waals surface area (Å²) in [6.07, 6.45) is -16.7. The summed E-state index contributed by atoms with van der Waals surface area (Å²) in [6.45, 7) is -1.32. The number of phenols is 1. The lowest BCUT2D eigenvalue weighted by Gasteiger charge is -2.37. The fraction of sp³-hybridized carbons (Fsp3) is 0.400. The van der Waals surface area contributed by atoms with Crippen LogP contribution in [-0.2, 0) is 34.1 Å². The Bertz CT molecular complexity index is 887. The van der Waals surface area contributed by atoms with E-state index in [4.69, 9.17) is 0 Å². The molecule has 0 bridgehead atoms. The third kappa shape index (κ3) is 5.29. The smallest absolute Gasteiger partial charge is 0.430 e. The Kier molecular flexibility index (Phi) is 7.40. The zero-order chi connectivity index (χ0) is 24.4. The van der Waals surface area contributed by atoms with Crippen LogP contribution in [0.5, 0.6) is 5.75 Å². The molecule has 2 aromatic rings. The summed E-state index contributed by atoms with van der Waals surface area (Å²) in [5.74, 6) is -0.578. The van der Waals surface area contributed by atoms with Crippen LogP contribution in [0.4, 0.5) is 39.5 Å². The van der Waals surface area contributed by atoms with E-state index >= 15 is 0 Å². The highest BCUT2D eigenvalue weighted by Gasteiger charge is 2.73. The van der Waals surface area contributed by atoms with Crippen LogP contribution in [0.2, 0.25) is 0 Å². The molecule has 12 heteroatoms. The minimum atomic E-state index is -5.93. The molecule has 0 heterocycles. The minimum absolute atomic E-state index is 0.0564. The van der Waals surface area contributed by atoms with Crippen LogP contribution in [0, 0.1) is 0 Å². The largest absolute Gasteiger partial charge is 0.508 e. The molecule has 32 heavy (non-hydrogen) atoms. The summed E-state index contributed by atoms with van der Waals surface area (Å²) < 4.78 is 128. The van der Waals surface area contributed by atoms with Crippen molar-refractivity contribution in [2.75, 3.05) is 13.9 Å². The van der Waals surface area contributed by atoms with Gasteiger partial charge in [-0.25, -0.2) is 0 Å². The average molecular weight is 476 g/mol. The molecule has 1 N–H and O–H groups in total. The molecule has 178 valence electrons. The number of benzene rings is 2. The quantitative estimate of drug-likeness (QED) is 0.386. The van der Waals surface area contributed by atoms with Crippen LogP contribution in [0.25, 0.3) is 0 Å². The summed E-state index contributed by atoms with van der Waals surface area (Å²) >= 11 is 0. The summed E-state index contributed by atoms with van der Waals surface area (Å²) in [5, 5.41) is 9.93. The van der Waals surface area contributed by atoms with Crippen molar-refractivity contribution in [2.45, 2.75) is 37.0 Å². The lowest BCUT2D eigenvalue weighted by molar-refractivity contribution is -0.400. The molecule has 0 aliphatic rings. The van der Waals surface area contributed by atoms with E-state index in [-0.39, 0.29) is 18.4 Å². The summed E-state index contributed by atoms with van der Waals surface area (Å²) in [5.41, 5.74) is -6.90. The van der Waals surface area contributed by atoms with Crippen molar-refractivity contribution in [3.8, 4) is 5.75 Å². The van der Waals surface area contributed by atoms with Crippen LogP contribution >= 0.6 is 0 Å². The molecule has 0 amide bonds. The van der Waals surface area contributed by atoms with Gasteiger partial charge in [0.1, 0.15) is 12.5 Å². The van der Waals surface area contributed by atoms with Crippen molar-refractivity contribution in [1.29, 1.82) is 0 Å². The van der Waals surface area contributed by atoms with Gasteiger partial charge in [-0.1, -0.05) is 18.2 Å². The molecule has 0 aliphatic heterocycles. The van der Waals surface area contributed by atoms with Crippen LogP contribution in [-0.4, -0.2) is 31.4 Å². The van der Waals surface area contributed by atoms with Crippen molar-refractivity contribution < 1.29 is 54.1 Å². The predicted molar refractivity (Wildman–Crippen MR) is 93.7 cm³/mol. The van der Waals surface area contributed by atoms with Gasteiger partial charge in [0.15, 0.2) is 0 Å². The summed E-state index contributed by atoms with van der Waals surface area (Å²) in [6, 6.07) is 5.46. The normalized spacial score (nSPS) is 13.4. The maximum Gasteiger partial charge on any atom is 0.430 e. The number of phenolic OH excluding ortho intramolecular Hbond substituents is 1. The number of rotatable bonds is 7. The molecule has 0 unspecified atom stereocenters. The highest BCUT2D eigenvalue weighted by molar-refractivity contribution is 5.41. The first kappa shape index (κ1) is 25.8. The van der Waals surface area contributed by atoms with Crippen molar-refractivity contribution >= 4 is 0 Å². The zero-order valence-electron chi connectivity index (χ0n) is 16.3. The summed E-state index contributed by atoms with van der Waals surface area (Å²) in [7, 11) is 0.851. The van der Waals surface area contributed by atoms with Crippen molar-refractivity contribution in [3.05, 3.63) is 64.7 Å². The standard InChI is InChI=1S/C20H17F9O3/c1-31-11-32-17(19(24,25)26,20(27,28)29)15-8-9-16(30)13(10-15)5-2-12-3-6-14(7-4-12)18(21,22)23/h3-4,6-10,30H,2,5,11H2,1H3. The lowest BCUT2D eigenvalue weighted by Crippen LogP contribution is -2.56. The Hall–Kier alpha value is -2.47. The highest BCUT2D eigenvalue weighted by atomic mass is 19.4.